The van der Waals surface area contributed by atoms with Crippen LogP contribution in [-0.4, -0.2) is 19.3 Å². The molecule has 9 aromatic carbocycles. The highest BCUT2D eigenvalue weighted by Gasteiger charge is 2.17. The Bertz CT molecular complexity index is 3540. The predicted octanol–water partition coefficient (Wildman–Crippen LogP) is 14.1. The average Bonchev–Trinajstić information content (AvgIpc) is 4.02. The molecule has 276 valence electrons. The molecule has 0 N–H and O–H groups in total. The quantitative estimate of drug-likeness (QED) is 0.170. The van der Waals surface area contributed by atoms with Crippen LogP contribution in [0.5, 0.6) is 0 Å². The van der Waals surface area contributed by atoms with Crippen molar-refractivity contribution in [2.75, 3.05) is 0 Å². The Balaban J connectivity index is 0.864. The minimum absolute atomic E-state index is 0.487. The maximum atomic E-state index is 6.23. The van der Waals surface area contributed by atoms with Crippen LogP contribution in [0.4, 0.5) is 0 Å². The summed E-state index contributed by atoms with van der Waals surface area (Å²) in [6, 6.07) is 73.3. The van der Waals surface area contributed by atoms with Crippen LogP contribution in [0.3, 0.4) is 0 Å². The highest BCUT2D eigenvalue weighted by molar-refractivity contribution is 6.12. The van der Waals surface area contributed by atoms with E-state index in [1.807, 2.05) is 12.1 Å². The van der Waals surface area contributed by atoms with Crippen molar-refractivity contribution in [1.29, 1.82) is 0 Å². The average molecular weight is 755 g/mol. The van der Waals surface area contributed by atoms with Crippen molar-refractivity contribution in [3.05, 3.63) is 206 Å². The molecule has 0 bridgehead atoms. The monoisotopic (exact) mass is 754 g/mol. The molecular weight excluding hydrogens is 721 g/mol. The number of rotatable bonds is 6. The molecular formula is C54H34N4O. The van der Waals surface area contributed by atoms with Gasteiger partial charge in [-0.25, -0.2) is 0 Å². The van der Waals surface area contributed by atoms with Crippen LogP contribution in [-0.2, 0) is 0 Å². The molecule has 0 saturated heterocycles. The number of fused-ring (bicyclic) bond motifs is 7. The van der Waals surface area contributed by atoms with Gasteiger partial charge in [-0.15, -0.1) is 10.2 Å². The topological polar surface area (TPSA) is 48.8 Å². The van der Waals surface area contributed by atoms with E-state index in [-0.39, 0.29) is 0 Å². The fourth-order valence-corrected chi connectivity index (χ4v) is 8.82. The molecule has 0 atom stereocenters. The minimum atomic E-state index is 0.487. The van der Waals surface area contributed by atoms with Gasteiger partial charge in [0.2, 0.25) is 11.8 Å². The summed E-state index contributed by atoms with van der Waals surface area (Å²) in [6.45, 7) is 0. The lowest BCUT2D eigenvalue weighted by molar-refractivity contribution is 0.584. The molecule has 59 heavy (non-hydrogen) atoms. The second kappa shape index (κ2) is 13.3. The second-order valence-electron chi connectivity index (χ2n) is 15.1. The van der Waals surface area contributed by atoms with Crippen LogP contribution in [0.2, 0.25) is 0 Å². The number of nitrogens with zero attached hydrogens (tertiary/aromatic N) is 4. The van der Waals surface area contributed by atoms with Crippen molar-refractivity contribution in [2.24, 2.45) is 0 Å². The molecule has 12 aromatic rings. The molecule has 0 aliphatic carbocycles. The molecule has 0 saturated carbocycles. The Morgan fingerprint density at radius 1 is 0.288 bits per heavy atom. The number of benzene rings is 9. The normalized spacial score (nSPS) is 11.7. The van der Waals surface area contributed by atoms with E-state index in [0.29, 0.717) is 11.8 Å². The van der Waals surface area contributed by atoms with Crippen LogP contribution < -0.4 is 0 Å². The van der Waals surface area contributed by atoms with Crippen molar-refractivity contribution < 1.29 is 4.42 Å². The maximum Gasteiger partial charge on any atom is 0.248 e. The van der Waals surface area contributed by atoms with Crippen molar-refractivity contribution in [2.45, 2.75) is 0 Å². The van der Waals surface area contributed by atoms with Gasteiger partial charge in [0.25, 0.3) is 0 Å². The lowest BCUT2D eigenvalue weighted by Gasteiger charge is -2.09. The first-order valence-corrected chi connectivity index (χ1v) is 19.9. The maximum absolute atomic E-state index is 6.23. The zero-order valence-electron chi connectivity index (χ0n) is 31.8. The second-order valence-corrected chi connectivity index (χ2v) is 15.1. The summed E-state index contributed by atoms with van der Waals surface area (Å²) < 4.78 is 10.9. The first-order chi connectivity index (χ1) is 29.2. The van der Waals surface area contributed by atoms with Crippen molar-refractivity contribution in [3.8, 4) is 56.5 Å². The lowest BCUT2D eigenvalue weighted by atomic mass is 10.0. The van der Waals surface area contributed by atoms with Gasteiger partial charge in [0.05, 0.1) is 22.1 Å². The lowest BCUT2D eigenvalue weighted by Crippen LogP contribution is -1.94. The van der Waals surface area contributed by atoms with Crippen LogP contribution in [0.1, 0.15) is 0 Å². The zero-order valence-corrected chi connectivity index (χ0v) is 31.8. The van der Waals surface area contributed by atoms with E-state index < -0.39 is 0 Å². The van der Waals surface area contributed by atoms with Gasteiger partial charge in [-0.1, -0.05) is 115 Å². The molecule has 0 fully saturated rings. The molecule has 3 aromatic heterocycles. The largest absolute Gasteiger partial charge is 0.416 e. The first-order valence-electron chi connectivity index (χ1n) is 19.9. The van der Waals surface area contributed by atoms with Gasteiger partial charge in [0, 0.05) is 44.0 Å². The molecule has 0 amide bonds. The van der Waals surface area contributed by atoms with E-state index in [1.165, 1.54) is 60.0 Å². The Kier molecular flexibility index (Phi) is 7.47. The van der Waals surface area contributed by atoms with Crippen LogP contribution in [0.25, 0.3) is 111 Å². The summed E-state index contributed by atoms with van der Waals surface area (Å²) in [5.41, 5.74) is 13.4. The van der Waals surface area contributed by atoms with E-state index in [4.69, 9.17) is 4.42 Å². The Labute approximate surface area is 339 Å². The fourth-order valence-electron chi connectivity index (χ4n) is 8.82. The van der Waals surface area contributed by atoms with Gasteiger partial charge in [-0.2, -0.15) is 0 Å². The predicted molar refractivity (Wildman–Crippen MR) is 242 cm³/mol. The molecule has 12 rings (SSSR count). The molecule has 0 aliphatic rings. The highest BCUT2D eigenvalue weighted by atomic mass is 16.4. The van der Waals surface area contributed by atoms with E-state index in [0.717, 1.165) is 39.1 Å². The molecule has 0 aliphatic heterocycles. The Morgan fingerprint density at radius 3 is 1.32 bits per heavy atom. The zero-order chi connectivity index (χ0) is 38.9. The summed E-state index contributed by atoms with van der Waals surface area (Å²) in [4.78, 5) is 0. The van der Waals surface area contributed by atoms with Gasteiger partial charge in [-0.3, -0.25) is 0 Å². The van der Waals surface area contributed by atoms with Gasteiger partial charge >= 0.3 is 0 Å². The minimum Gasteiger partial charge on any atom is -0.416 e. The SMILES string of the molecule is c1ccc(-n2c3ccccc3c3cc(-c4ccc5c(c4)c4ccccc4n5-c4ccc(-c5nnc(-c6ccc(-c7ccc8ccccc8c7)cc6)o5)cc4)ccc32)cc1. The third-order valence-corrected chi connectivity index (χ3v) is 11.7. The van der Waals surface area contributed by atoms with Gasteiger partial charge in [-0.05, 0) is 124 Å². The third kappa shape index (κ3) is 5.47. The Morgan fingerprint density at radius 2 is 0.712 bits per heavy atom. The van der Waals surface area contributed by atoms with Crippen molar-refractivity contribution in [1.82, 2.24) is 19.3 Å². The summed E-state index contributed by atoms with van der Waals surface area (Å²) in [5.74, 6) is 0.981. The summed E-state index contributed by atoms with van der Waals surface area (Å²) in [7, 11) is 0. The van der Waals surface area contributed by atoms with Crippen LogP contribution >= 0.6 is 0 Å². The molecule has 3 heterocycles. The molecule has 0 unspecified atom stereocenters. The van der Waals surface area contributed by atoms with Gasteiger partial charge in [0.15, 0.2) is 0 Å². The van der Waals surface area contributed by atoms with Gasteiger partial charge in [0.1, 0.15) is 0 Å². The van der Waals surface area contributed by atoms with E-state index in [9.17, 15) is 0 Å². The first kappa shape index (κ1) is 33.2. The molecule has 5 heteroatoms. The number of para-hydroxylation sites is 3. The molecule has 0 radical (unpaired) electrons. The number of hydrogen-bond donors (Lipinski definition) is 0. The smallest absolute Gasteiger partial charge is 0.248 e. The number of aromatic nitrogens is 4. The molecule has 5 nitrogen and oxygen atoms in total. The van der Waals surface area contributed by atoms with Gasteiger partial charge < -0.3 is 13.6 Å². The fraction of sp³-hybridized carbons (Fsp3) is 0. The van der Waals surface area contributed by atoms with Crippen molar-refractivity contribution in [3.63, 3.8) is 0 Å². The molecule has 0 spiro atoms. The number of hydrogen-bond acceptors (Lipinski definition) is 3. The van der Waals surface area contributed by atoms with E-state index in [2.05, 4.69) is 213 Å². The Hall–Kier alpha value is -8.02. The van der Waals surface area contributed by atoms with Crippen LogP contribution in [0, 0.1) is 0 Å². The van der Waals surface area contributed by atoms with Crippen LogP contribution in [0.15, 0.2) is 211 Å². The van der Waals surface area contributed by atoms with Crippen molar-refractivity contribution >= 4 is 54.4 Å². The van der Waals surface area contributed by atoms with E-state index >= 15 is 0 Å². The standard InChI is InChI=1S/C54H34N4O/c1-2-12-43(13-3-1)57-49-16-8-6-14-45(49)47-33-41(26-30-51(47)57)42-27-31-52-48(34-42)46-15-7-9-17-50(46)58(52)44-28-24-38(25-29-44)54-56-55-53(59-54)37-21-18-36(19-22-37)40-23-20-35-10-4-5-11-39(35)32-40/h1-34H. The summed E-state index contributed by atoms with van der Waals surface area (Å²) >= 11 is 0. The summed E-state index contributed by atoms with van der Waals surface area (Å²) in [5, 5.41) is 16.2. The summed E-state index contributed by atoms with van der Waals surface area (Å²) in [6.07, 6.45) is 0. The third-order valence-electron chi connectivity index (χ3n) is 11.7. The van der Waals surface area contributed by atoms with E-state index in [1.54, 1.807) is 0 Å². The highest BCUT2D eigenvalue weighted by Crippen LogP contribution is 2.39.